The molecule has 1 aromatic heterocycles. The lowest BCUT2D eigenvalue weighted by molar-refractivity contribution is -0.138. The van der Waals surface area contributed by atoms with Crippen LogP contribution in [0.2, 0.25) is 5.04 Å². The van der Waals surface area contributed by atoms with E-state index >= 15 is 0 Å². The van der Waals surface area contributed by atoms with Gasteiger partial charge in [-0.2, -0.15) is 0 Å². The van der Waals surface area contributed by atoms with Crippen molar-refractivity contribution >= 4 is 32.7 Å². The zero-order valence-corrected chi connectivity index (χ0v) is 32.3. The molecule has 0 radical (unpaired) electrons. The summed E-state index contributed by atoms with van der Waals surface area (Å²) in [6.07, 6.45) is -0.657. The van der Waals surface area contributed by atoms with E-state index in [-0.39, 0.29) is 25.0 Å². The molecular formula is C43H45FNO5PSi. The summed E-state index contributed by atoms with van der Waals surface area (Å²) >= 11 is 0. The van der Waals surface area contributed by atoms with Gasteiger partial charge >= 0.3 is 5.97 Å². The lowest BCUT2D eigenvalue weighted by Crippen LogP contribution is -2.68. The van der Waals surface area contributed by atoms with Crippen LogP contribution in [0, 0.1) is 24.6 Å². The molecule has 0 spiro atoms. The predicted octanol–water partition coefficient (Wildman–Crippen LogP) is 8.69. The molecule has 1 heterocycles. The van der Waals surface area contributed by atoms with Gasteiger partial charge in [0, 0.05) is 17.3 Å². The van der Waals surface area contributed by atoms with Crippen molar-refractivity contribution in [2.45, 2.75) is 58.6 Å². The molecule has 6 nitrogen and oxygen atoms in total. The zero-order chi connectivity index (χ0) is 37.3. The summed E-state index contributed by atoms with van der Waals surface area (Å²) in [6.45, 7) is 10.2. The third-order valence-electron chi connectivity index (χ3n) is 9.11. The van der Waals surface area contributed by atoms with Gasteiger partial charge in [0.05, 0.1) is 29.5 Å². The second-order valence-corrected chi connectivity index (χ2v) is 19.4. The van der Waals surface area contributed by atoms with Crippen LogP contribution in [0.3, 0.4) is 0 Å². The molecule has 0 aliphatic carbocycles. The molecule has 2 atom stereocenters. The predicted molar refractivity (Wildman–Crippen MR) is 211 cm³/mol. The van der Waals surface area contributed by atoms with Crippen molar-refractivity contribution < 1.29 is 27.8 Å². The standard InChI is InChI=1S/C43H45FNO5PSi/c1-6-39-38(41(32-24-26-34(44)27-25-32)31(2)42(45-39)33-17-10-7-11-18-33)23-16-28-49-51(48)30-35(29-40(46)47)50-52(43(3,4)5,36-19-12-8-13-20-36)37-21-14-9-15-22-37/h7-15,17-22,24-27,35,51H,6,28-30H2,1-5H3,(H,46,47)/t35-/m0/s1. The van der Waals surface area contributed by atoms with E-state index in [0.29, 0.717) is 12.0 Å². The largest absolute Gasteiger partial charge is 0.481 e. The van der Waals surface area contributed by atoms with Crippen LogP contribution in [-0.4, -0.2) is 43.2 Å². The minimum atomic E-state index is -3.12. The van der Waals surface area contributed by atoms with Gasteiger partial charge in [0.2, 0.25) is 0 Å². The van der Waals surface area contributed by atoms with E-state index in [1.165, 1.54) is 12.1 Å². The zero-order valence-electron chi connectivity index (χ0n) is 30.3. The Morgan fingerprint density at radius 1 is 0.885 bits per heavy atom. The average molecular weight is 734 g/mol. The fourth-order valence-corrected chi connectivity index (χ4v) is 12.5. The van der Waals surface area contributed by atoms with Gasteiger partial charge in [-0.3, -0.25) is 14.3 Å². The molecule has 1 N–H and O–H groups in total. The molecule has 52 heavy (non-hydrogen) atoms. The van der Waals surface area contributed by atoms with Gasteiger partial charge in [0.1, 0.15) is 12.4 Å². The fraction of sp³-hybridized carbons (Fsp3) is 0.256. The van der Waals surface area contributed by atoms with Gasteiger partial charge in [-0.05, 0) is 52.0 Å². The maximum atomic E-state index is 14.0. The third kappa shape index (κ3) is 8.86. The summed E-state index contributed by atoms with van der Waals surface area (Å²) in [4.78, 5) is 17.1. The molecule has 5 rings (SSSR count). The Morgan fingerprint density at radius 2 is 1.44 bits per heavy atom. The van der Waals surface area contributed by atoms with Crippen LogP contribution in [0.25, 0.3) is 22.4 Å². The van der Waals surface area contributed by atoms with Gasteiger partial charge in [0.25, 0.3) is 8.32 Å². The average Bonchev–Trinajstić information content (AvgIpc) is 3.13. The van der Waals surface area contributed by atoms with Crippen LogP contribution >= 0.6 is 8.03 Å². The first kappa shape index (κ1) is 38.6. The molecule has 1 unspecified atom stereocenters. The number of nitrogens with zero attached hydrogens (tertiary/aromatic N) is 1. The van der Waals surface area contributed by atoms with E-state index in [1.54, 1.807) is 12.1 Å². The molecule has 268 valence electrons. The van der Waals surface area contributed by atoms with Gasteiger partial charge < -0.3 is 14.1 Å². The van der Waals surface area contributed by atoms with Gasteiger partial charge in [-0.25, -0.2) is 4.39 Å². The van der Waals surface area contributed by atoms with Crippen molar-refractivity contribution in [1.29, 1.82) is 0 Å². The Balaban J connectivity index is 1.44. The van der Waals surface area contributed by atoms with Crippen LogP contribution in [0.15, 0.2) is 115 Å². The Morgan fingerprint density at radius 3 is 1.96 bits per heavy atom. The summed E-state index contributed by atoms with van der Waals surface area (Å²) in [6, 6.07) is 36.1. The number of halogens is 1. The molecule has 4 aromatic carbocycles. The maximum absolute atomic E-state index is 14.0. The van der Waals surface area contributed by atoms with Crippen LogP contribution in [0.1, 0.15) is 50.9 Å². The van der Waals surface area contributed by atoms with Crippen molar-refractivity contribution in [1.82, 2.24) is 4.98 Å². The number of carboxylic acids is 1. The molecule has 0 bridgehead atoms. The highest BCUT2D eigenvalue weighted by atomic mass is 31.1. The first-order valence-corrected chi connectivity index (χ1v) is 20.9. The van der Waals surface area contributed by atoms with Gasteiger partial charge in [-0.15, -0.1) is 0 Å². The molecule has 0 aliphatic heterocycles. The van der Waals surface area contributed by atoms with Crippen LogP contribution in [0.5, 0.6) is 0 Å². The molecule has 0 saturated heterocycles. The van der Waals surface area contributed by atoms with Crippen LogP contribution in [-0.2, 0) is 24.7 Å². The van der Waals surface area contributed by atoms with Crippen molar-refractivity contribution in [3.63, 3.8) is 0 Å². The van der Waals surface area contributed by atoms with E-state index in [4.69, 9.17) is 13.9 Å². The molecule has 9 heteroatoms. The Kier molecular flexibility index (Phi) is 12.8. The summed E-state index contributed by atoms with van der Waals surface area (Å²) in [5, 5.41) is 11.5. The normalized spacial score (nSPS) is 12.8. The number of hydrogen-bond acceptors (Lipinski definition) is 5. The highest BCUT2D eigenvalue weighted by Gasteiger charge is 2.51. The molecule has 5 aromatic rings. The maximum Gasteiger partial charge on any atom is 0.305 e. The lowest BCUT2D eigenvalue weighted by atomic mass is 9.90. The molecular weight excluding hydrogens is 689 g/mol. The topological polar surface area (TPSA) is 85.7 Å². The van der Waals surface area contributed by atoms with Crippen LogP contribution < -0.4 is 10.4 Å². The Bertz CT molecular complexity index is 2020. The van der Waals surface area contributed by atoms with E-state index in [1.807, 2.05) is 105 Å². The smallest absolute Gasteiger partial charge is 0.305 e. The Labute approximate surface area is 308 Å². The molecule has 0 saturated carbocycles. The van der Waals surface area contributed by atoms with Gasteiger partial charge in [-0.1, -0.05) is 143 Å². The molecule has 0 fully saturated rings. The highest BCUT2D eigenvalue weighted by molar-refractivity contribution is 7.39. The first-order chi connectivity index (χ1) is 24.9. The number of rotatable bonds is 13. The number of aromatic nitrogens is 1. The van der Waals surface area contributed by atoms with Gasteiger partial charge in [0.15, 0.2) is 8.03 Å². The Hall–Kier alpha value is -4.64. The number of aliphatic carboxylic acids is 1. The minimum Gasteiger partial charge on any atom is -0.481 e. The molecule has 0 aliphatic rings. The van der Waals surface area contributed by atoms with E-state index in [0.717, 1.165) is 44.0 Å². The summed E-state index contributed by atoms with van der Waals surface area (Å²) in [5.74, 6) is 4.90. The minimum absolute atomic E-state index is 0.0728. The third-order valence-corrected chi connectivity index (χ3v) is 15.5. The number of benzene rings is 4. The number of hydrogen-bond donors (Lipinski definition) is 1. The van der Waals surface area contributed by atoms with Crippen molar-refractivity contribution in [3.8, 4) is 34.2 Å². The quantitative estimate of drug-likeness (QED) is 0.0741. The second kappa shape index (κ2) is 17.2. The van der Waals surface area contributed by atoms with Crippen molar-refractivity contribution in [2.75, 3.05) is 12.8 Å². The number of aryl methyl sites for hydroxylation is 1. The molecule has 0 amide bonds. The summed E-state index contributed by atoms with van der Waals surface area (Å²) in [7, 11) is -5.89. The first-order valence-electron chi connectivity index (χ1n) is 17.4. The second-order valence-electron chi connectivity index (χ2n) is 13.7. The van der Waals surface area contributed by atoms with Crippen LogP contribution in [0.4, 0.5) is 4.39 Å². The van der Waals surface area contributed by atoms with E-state index in [9.17, 15) is 18.9 Å². The fourth-order valence-electron chi connectivity index (χ4n) is 6.75. The van der Waals surface area contributed by atoms with E-state index < -0.39 is 33.5 Å². The van der Waals surface area contributed by atoms with E-state index in [2.05, 4.69) is 32.6 Å². The SMILES string of the molecule is CCc1nc(-c2ccccc2)c(C)c(-c2ccc(F)cc2)c1C#CCO[PH](=O)C[C@H](CC(=O)O)O[Si](c1ccccc1)(c1ccccc1)C(C)(C)C. The highest BCUT2D eigenvalue weighted by Crippen LogP contribution is 2.39. The van der Waals surface area contributed by atoms with Crippen molar-refractivity contribution in [3.05, 3.63) is 138 Å². The summed E-state index contributed by atoms with van der Waals surface area (Å²) < 4.78 is 40.3. The number of carboxylic acid groups (broad SMARTS) is 1. The monoisotopic (exact) mass is 733 g/mol. The lowest BCUT2D eigenvalue weighted by Gasteiger charge is -2.45. The summed E-state index contributed by atoms with van der Waals surface area (Å²) in [5.41, 5.74) is 5.85. The number of pyridine rings is 1. The number of carbonyl (C=O) groups is 1. The van der Waals surface area contributed by atoms with Crippen molar-refractivity contribution in [2.24, 2.45) is 0 Å².